The van der Waals surface area contributed by atoms with Crippen molar-refractivity contribution in [3.8, 4) is 5.75 Å². The first-order chi connectivity index (χ1) is 10.6. The van der Waals surface area contributed by atoms with Crippen LogP contribution < -0.4 is 5.32 Å². The fourth-order valence-corrected chi connectivity index (χ4v) is 1.99. The van der Waals surface area contributed by atoms with Gasteiger partial charge in [0.05, 0.1) is 5.56 Å². The van der Waals surface area contributed by atoms with Gasteiger partial charge in [-0.3, -0.25) is 9.79 Å². The first-order valence-electron chi connectivity index (χ1n) is 6.54. The van der Waals surface area contributed by atoms with Crippen molar-refractivity contribution in [3.05, 3.63) is 65.5 Å². The Labute approximate surface area is 127 Å². The predicted molar refractivity (Wildman–Crippen MR) is 85.0 cm³/mol. The standard InChI is InChI=1S/C17H15FN2O2/c1-3-12-6-9-14(16(21)15(12)19-2)17(22)20-10-11-4-7-13(18)8-5-11/h3-9,21H,1-2,10H2,(H,20,22). The van der Waals surface area contributed by atoms with E-state index in [0.717, 1.165) is 5.56 Å². The second-order valence-corrected chi connectivity index (χ2v) is 4.57. The van der Waals surface area contributed by atoms with Gasteiger partial charge in [-0.15, -0.1) is 0 Å². The lowest BCUT2D eigenvalue weighted by atomic mass is 10.1. The summed E-state index contributed by atoms with van der Waals surface area (Å²) in [5.41, 5.74) is 1.64. The molecule has 0 unspecified atom stereocenters. The number of nitrogens with zero attached hydrogens (tertiary/aromatic N) is 1. The summed E-state index contributed by atoms with van der Waals surface area (Å²) in [5, 5.41) is 12.8. The van der Waals surface area contributed by atoms with E-state index in [2.05, 4.69) is 23.6 Å². The molecule has 0 aliphatic carbocycles. The molecule has 0 aromatic heterocycles. The maximum Gasteiger partial charge on any atom is 0.255 e. The van der Waals surface area contributed by atoms with Crippen molar-refractivity contribution in [2.75, 3.05) is 0 Å². The molecule has 0 radical (unpaired) electrons. The summed E-state index contributed by atoms with van der Waals surface area (Å²) >= 11 is 0. The first kappa shape index (κ1) is 15.4. The molecular weight excluding hydrogens is 283 g/mol. The van der Waals surface area contributed by atoms with Crippen LogP contribution in [-0.4, -0.2) is 17.7 Å². The first-order valence-corrected chi connectivity index (χ1v) is 6.54. The zero-order chi connectivity index (χ0) is 16.1. The number of amides is 1. The van der Waals surface area contributed by atoms with Gasteiger partial charge in [0.2, 0.25) is 0 Å². The van der Waals surface area contributed by atoms with Crippen LogP contribution in [0.2, 0.25) is 0 Å². The van der Waals surface area contributed by atoms with E-state index in [1.807, 2.05) is 0 Å². The van der Waals surface area contributed by atoms with Crippen molar-refractivity contribution in [1.82, 2.24) is 5.32 Å². The molecule has 0 aliphatic heterocycles. The third kappa shape index (κ3) is 3.20. The van der Waals surface area contributed by atoms with Gasteiger partial charge in [-0.1, -0.05) is 30.9 Å². The number of carbonyl (C=O) groups is 1. The van der Waals surface area contributed by atoms with Crippen LogP contribution in [0.3, 0.4) is 0 Å². The summed E-state index contributed by atoms with van der Waals surface area (Å²) in [4.78, 5) is 15.9. The minimum absolute atomic E-state index is 0.0927. The number of phenols is 1. The topological polar surface area (TPSA) is 61.7 Å². The zero-order valence-electron chi connectivity index (χ0n) is 11.8. The molecule has 0 saturated carbocycles. The molecule has 0 saturated heterocycles. The van der Waals surface area contributed by atoms with E-state index in [1.165, 1.54) is 24.3 Å². The van der Waals surface area contributed by atoms with Crippen molar-refractivity contribution < 1.29 is 14.3 Å². The van der Waals surface area contributed by atoms with E-state index >= 15 is 0 Å². The quantitative estimate of drug-likeness (QED) is 0.831. The number of hydrogen-bond acceptors (Lipinski definition) is 3. The average Bonchev–Trinajstić information content (AvgIpc) is 2.53. The fraction of sp³-hybridized carbons (Fsp3) is 0.0588. The minimum Gasteiger partial charge on any atom is -0.505 e. The molecule has 2 N–H and O–H groups in total. The number of benzene rings is 2. The van der Waals surface area contributed by atoms with Crippen LogP contribution in [0.1, 0.15) is 21.5 Å². The van der Waals surface area contributed by atoms with Crippen molar-refractivity contribution in [2.45, 2.75) is 6.54 Å². The second-order valence-electron chi connectivity index (χ2n) is 4.57. The molecular formula is C17H15FN2O2. The summed E-state index contributed by atoms with van der Waals surface area (Å²) in [7, 11) is 0. The number of phenolic OH excluding ortho intramolecular Hbond substituents is 1. The van der Waals surface area contributed by atoms with Gasteiger partial charge in [-0.2, -0.15) is 0 Å². The Kier molecular flexibility index (Phi) is 4.68. The molecule has 5 heteroatoms. The van der Waals surface area contributed by atoms with Crippen LogP contribution in [0.4, 0.5) is 10.1 Å². The van der Waals surface area contributed by atoms with Crippen LogP contribution in [0, 0.1) is 5.82 Å². The number of hydrogen-bond donors (Lipinski definition) is 2. The van der Waals surface area contributed by atoms with Crippen molar-refractivity contribution in [3.63, 3.8) is 0 Å². The third-order valence-corrected chi connectivity index (χ3v) is 3.17. The highest BCUT2D eigenvalue weighted by Gasteiger charge is 2.16. The van der Waals surface area contributed by atoms with E-state index in [1.54, 1.807) is 18.2 Å². The highest BCUT2D eigenvalue weighted by atomic mass is 19.1. The molecule has 2 rings (SSSR count). The van der Waals surface area contributed by atoms with E-state index < -0.39 is 5.91 Å². The van der Waals surface area contributed by atoms with E-state index in [0.29, 0.717) is 5.56 Å². The van der Waals surface area contributed by atoms with Crippen LogP contribution in [0.5, 0.6) is 5.75 Å². The van der Waals surface area contributed by atoms with Gasteiger partial charge in [0.25, 0.3) is 5.91 Å². The molecule has 0 bridgehead atoms. The van der Waals surface area contributed by atoms with E-state index in [4.69, 9.17) is 0 Å². The molecule has 0 aliphatic rings. The van der Waals surface area contributed by atoms with Gasteiger partial charge < -0.3 is 10.4 Å². The maximum atomic E-state index is 12.8. The Morgan fingerprint density at radius 1 is 1.27 bits per heavy atom. The molecule has 4 nitrogen and oxygen atoms in total. The summed E-state index contributed by atoms with van der Waals surface area (Å²) in [6.07, 6.45) is 1.52. The molecule has 2 aromatic rings. The van der Waals surface area contributed by atoms with E-state index in [9.17, 15) is 14.3 Å². The summed E-state index contributed by atoms with van der Waals surface area (Å²) < 4.78 is 12.8. The third-order valence-electron chi connectivity index (χ3n) is 3.17. The van der Waals surface area contributed by atoms with Crippen LogP contribution in [-0.2, 0) is 6.54 Å². The fourth-order valence-electron chi connectivity index (χ4n) is 1.99. The molecule has 0 heterocycles. The number of rotatable bonds is 5. The lowest BCUT2D eigenvalue weighted by molar-refractivity contribution is 0.0948. The average molecular weight is 298 g/mol. The van der Waals surface area contributed by atoms with Gasteiger partial charge in [0, 0.05) is 12.1 Å². The largest absolute Gasteiger partial charge is 0.505 e. The molecule has 112 valence electrons. The number of aliphatic imine (C=N–C) groups is 1. The highest BCUT2D eigenvalue weighted by Crippen LogP contribution is 2.34. The normalized spacial score (nSPS) is 10.0. The van der Waals surface area contributed by atoms with Gasteiger partial charge >= 0.3 is 0 Å². The number of aromatic hydroxyl groups is 1. The maximum absolute atomic E-state index is 12.8. The summed E-state index contributed by atoms with van der Waals surface area (Å²) in [6, 6.07) is 8.90. The van der Waals surface area contributed by atoms with Crippen molar-refractivity contribution >= 4 is 24.4 Å². The van der Waals surface area contributed by atoms with Gasteiger partial charge in [0.1, 0.15) is 11.5 Å². The van der Waals surface area contributed by atoms with Crippen LogP contribution in [0.15, 0.2) is 48.0 Å². The van der Waals surface area contributed by atoms with Crippen molar-refractivity contribution in [1.29, 1.82) is 0 Å². The highest BCUT2D eigenvalue weighted by molar-refractivity contribution is 5.99. The van der Waals surface area contributed by atoms with Crippen LogP contribution >= 0.6 is 0 Å². The molecule has 0 spiro atoms. The van der Waals surface area contributed by atoms with Gasteiger partial charge in [-0.25, -0.2) is 4.39 Å². The van der Waals surface area contributed by atoms with Gasteiger partial charge in [0.15, 0.2) is 5.75 Å². The summed E-state index contributed by atoms with van der Waals surface area (Å²) in [5.74, 6) is -1.04. The van der Waals surface area contributed by atoms with Crippen molar-refractivity contribution in [2.24, 2.45) is 4.99 Å². The SMILES string of the molecule is C=Cc1ccc(C(=O)NCc2ccc(F)cc2)c(O)c1N=C. The van der Waals surface area contributed by atoms with Crippen LogP contribution in [0.25, 0.3) is 6.08 Å². The monoisotopic (exact) mass is 298 g/mol. The Hall–Kier alpha value is -2.95. The zero-order valence-corrected chi connectivity index (χ0v) is 11.8. The molecule has 0 fully saturated rings. The Bertz CT molecular complexity index is 724. The Morgan fingerprint density at radius 2 is 1.95 bits per heavy atom. The minimum atomic E-state index is -0.456. The lowest BCUT2D eigenvalue weighted by Gasteiger charge is -2.10. The van der Waals surface area contributed by atoms with E-state index in [-0.39, 0.29) is 29.4 Å². The molecule has 22 heavy (non-hydrogen) atoms. The molecule has 1 amide bonds. The second kappa shape index (κ2) is 6.67. The van der Waals surface area contributed by atoms with Gasteiger partial charge in [-0.05, 0) is 30.5 Å². The Balaban J connectivity index is 2.17. The molecule has 0 atom stereocenters. The smallest absolute Gasteiger partial charge is 0.255 e. The lowest BCUT2D eigenvalue weighted by Crippen LogP contribution is -2.22. The predicted octanol–water partition coefficient (Wildman–Crippen LogP) is 3.44. The Morgan fingerprint density at radius 3 is 2.55 bits per heavy atom. The number of nitrogens with one attached hydrogen (secondary N) is 1. The number of halogens is 1. The number of carbonyl (C=O) groups excluding carboxylic acids is 1. The molecule has 2 aromatic carbocycles. The summed E-state index contributed by atoms with van der Waals surface area (Å²) in [6.45, 7) is 7.21.